The molecule has 1 aromatic rings. The number of carbonyl (C=O) groups excluding carboxylic acids is 2. The van der Waals surface area contributed by atoms with Gasteiger partial charge in [-0.3, -0.25) is 15.0 Å². The van der Waals surface area contributed by atoms with E-state index >= 15 is 0 Å². The summed E-state index contributed by atoms with van der Waals surface area (Å²) < 4.78 is 5.07. The van der Waals surface area contributed by atoms with Crippen LogP contribution >= 0.6 is 0 Å². The minimum Gasteiger partial charge on any atom is -0.463 e. The highest BCUT2D eigenvalue weighted by Crippen LogP contribution is 2.32. The molecule has 1 atom stereocenters. The highest BCUT2D eigenvalue weighted by atomic mass is 16.6. The SMILES string of the molecule is CCOC(=O)C1=C(C)N(CCO)C(=O)NC1c1cccc([N+](=O)[O-])c1. The van der Waals surface area contributed by atoms with Gasteiger partial charge in [-0.05, 0) is 19.4 Å². The Morgan fingerprint density at radius 1 is 1.48 bits per heavy atom. The van der Waals surface area contributed by atoms with Crippen molar-refractivity contribution in [2.45, 2.75) is 19.9 Å². The van der Waals surface area contributed by atoms with Crippen molar-refractivity contribution in [3.63, 3.8) is 0 Å². The smallest absolute Gasteiger partial charge is 0.338 e. The number of nitro groups is 1. The lowest BCUT2D eigenvalue weighted by Crippen LogP contribution is -2.48. The first-order valence-corrected chi connectivity index (χ1v) is 7.71. The van der Waals surface area contributed by atoms with E-state index in [9.17, 15) is 19.7 Å². The van der Waals surface area contributed by atoms with Crippen molar-refractivity contribution in [2.24, 2.45) is 0 Å². The number of allylic oxidation sites excluding steroid dienone is 1. The highest BCUT2D eigenvalue weighted by molar-refractivity contribution is 5.95. The van der Waals surface area contributed by atoms with Crippen LogP contribution in [0.2, 0.25) is 0 Å². The number of hydrogen-bond donors (Lipinski definition) is 2. The van der Waals surface area contributed by atoms with Crippen LogP contribution in [0.3, 0.4) is 0 Å². The predicted octanol–water partition coefficient (Wildman–Crippen LogP) is 1.49. The number of urea groups is 1. The van der Waals surface area contributed by atoms with E-state index in [1.807, 2.05) is 0 Å². The summed E-state index contributed by atoms with van der Waals surface area (Å²) in [6, 6.07) is 4.33. The molecule has 2 amide bonds. The van der Waals surface area contributed by atoms with Crippen molar-refractivity contribution in [1.82, 2.24) is 10.2 Å². The van der Waals surface area contributed by atoms with Gasteiger partial charge in [0.2, 0.25) is 0 Å². The van der Waals surface area contributed by atoms with Gasteiger partial charge >= 0.3 is 12.0 Å². The van der Waals surface area contributed by atoms with Gasteiger partial charge in [0, 0.05) is 17.8 Å². The summed E-state index contributed by atoms with van der Waals surface area (Å²) in [6.07, 6.45) is 0. The Kier molecular flexibility index (Phi) is 5.71. The van der Waals surface area contributed by atoms with Crippen LogP contribution < -0.4 is 5.32 Å². The summed E-state index contributed by atoms with van der Waals surface area (Å²) in [5.74, 6) is -0.626. The number of esters is 1. The first-order valence-electron chi connectivity index (χ1n) is 7.71. The molecule has 134 valence electrons. The standard InChI is InChI=1S/C16H19N3O6/c1-3-25-15(21)13-10(2)18(7-8-20)16(22)17-14(13)11-5-4-6-12(9-11)19(23)24/h4-6,9,14,20H,3,7-8H2,1-2H3,(H,17,22). The lowest BCUT2D eigenvalue weighted by molar-refractivity contribution is -0.384. The first kappa shape index (κ1) is 18.4. The zero-order valence-electron chi connectivity index (χ0n) is 13.9. The largest absolute Gasteiger partial charge is 0.463 e. The molecule has 1 aliphatic rings. The summed E-state index contributed by atoms with van der Waals surface area (Å²) in [6.45, 7) is 3.11. The molecule has 1 unspecified atom stereocenters. The van der Waals surface area contributed by atoms with Gasteiger partial charge in [-0.1, -0.05) is 12.1 Å². The van der Waals surface area contributed by atoms with E-state index in [0.29, 0.717) is 11.3 Å². The molecule has 1 aliphatic heterocycles. The maximum Gasteiger partial charge on any atom is 0.338 e. The van der Waals surface area contributed by atoms with Crippen LogP contribution in [0.15, 0.2) is 35.5 Å². The Morgan fingerprint density at radius 2 is 2.20 bits per heavy atom. The summed E-state index contributed by atoms with van der Waals surface area (Å²) in [7, 11) is 0. The predicted molar refractivity (Wildman–Crippen MR) is 87.5 cm³/mol. The normalized spacial score (nSPS) is 17.3. The van der Waals surface area contributed by atoms with Gasteiger partial charge in [0.05, 0.1) is 36.3 Å². The third-order valence-corrected chi connectivity index (χ3v) is 3.83. The number of rotatable bonds is 6. The summed E-state index contributed by atoms with van der Waals surface area (Å²) in [5, 5.41) is 22.8. The maximum absolute atomic E-state index is 12.4. The van der Waals surface area contributed by atoms with Crippen molar-refractivity contribution in [3.05, 3.63) is 51.2 Å². The summed E-state index contributed by atoms with van der Waals surface area (Å²) in [5.41, 5.74) is 0.766. The second kappa shape index (κ2) is 7.75. The van der Waals surface area contributed by atoms with Crippen LogP contribution in [0.4, 0.5) is 10.5 Å². The second-order valence-corrected chi connectivity index (χ2v) is 5.33. The van der Waals surface area contributed by atoms with E-state index in [4.69, 9.17) is 9.84 Å². The van der Waals surface area contributed by atoms with Gasteiger partial charge < -0.3 is 15.2 Å². The molecular weight excluding hydrogens is 330 g/mol. The molecule has 0 saturated carbocycles. The van der Waals surface area contributed by atoms with E-state index < -0.39 is 23.0 Å². The van der Waals surface area contributed by atoms with E-state index in [1.165, 1.54) is 23.1 Å². The van der Waals surface area contributed by atoms with E-state index in [1.54, 1.807) is 19.9 Å². The third kappa shape index (κ3) is 3.77. The molecule has 2 N–H and O–H groups in total. The van der Waals surface area contributed by atoms with Crippen molar-refractivity contribution >= 4 is 17.7 Å². The van der Waals surface area contributed by atoms with E-state index in [2.05, 4.69) is 5.32 Å². The average molecular weight is 349 g/mol. The average Bonchev–Trinajstić information content (AvgIpc) is 2.58. The molecule has 1 heterocycles. The van der Waals surface area contributed by atoms with Gasteiger partial charge in [-0.25, -0.2) is 9.59 Å². The number of non-ortho nitro benzene ring substituents is 1. The highest BCUT2D eigenvalue weighted by Gasteiger charge is 2.36. The monoisotopic (exact) mass is 349 g/mol. The van der Waals surface area contributed by atoms with Crippen LogP contribution in [0, 0.1) is 10.1 Å². The Morgan fingerprint density at radius 3 is 2.80 bits per heavy atom. The number of benzene rings is 1. The Hall–Kier alpha value is -2.94. The van der Waals surface area contributed by atoms with Gasteiger partial charge in [0.15, 0.2) is 0 Å². The van der Waals surface area contributed by atoms with Gasteiger partial charge in [0.1, 0.15) is 0 Å². The van der Waals surface area contributed by atoms with Crippen LogP contribution in [-0.2, 0) is 9.53 Å². The number of carbonyl (C=O) groups is 2. The van der Waals surface area contributed by atoms with Crippen molar-refractivity contribution < 1.29 is 24.4 Å². The van der Waals surface area contributed by atoms with Crippen molar-refractivity contribution in [1.29, 1.82) is 0 Å². The molecule has 0 radical (unpaired) electrons. The molecule has 2 rings (SSSR count). The number of hydrogen-bond acceptors (Lipinski definition) is 6. The lowest BCUT2D eigenvalue weighted by atomic mass is 9.94. The van der Waals surface area contributed by atoms with Crippen LogP contribution in [0.1, 0.15) is 25.5 Å². The Bertz CT molecular complexity index is 730. The molecule has 0 bridgehead atoms. The maximum atomic E-state index is 12.4. The van der Waals surface area contributed by atoms with Crippen LogP contribution in [-0.4, -0.2) is 46.7 Å². The van der Waals surface area contributed by atoms with Crippen LogP contribution in [0.25, 0.3) is 0 Å². The quantitative estimate of drug-likeness (QED) is 0.456. The number of ether oxygens (including phenoxy) is 1. The summed E-state index contributed by atoms with van der Waals surface area (Å²) in [4.78, 5) is 36.4. The minimum absolute atomic E-state index is 0.0161. The molecule has 25 heavy (non-hydrogen) atoms. The molecule has 0 aromatic heterocycles. The fraction of sp³-hybridized carbons (Fsp3) is 0.375. The number of aliphatic hydroxyl groups is 1. The van der Waals surface area contributed by atoms with Crippen molar-refractivity contribution in [3.8, 4) is 0 Å². The number of nitrogens with zero attached hydrogens (tertiary/aromatic N) is 2. The number of β-amino-alcohol motifs (C(OH)–C–C–N with tert-alkyl or cyclic N) is 1. The minimum atomic E-state index is -0.874. The molecule has 0 saturated heterocycles. The molecule has 9 heteroatoms. The second-order valence-electron chi connectivity index (χ2n) is 5.33. The number of aliphatic hydroxyl groups excluding tert-OH is 1. The summed E-state index contributed by atoms with van der Waals surface area (Å²) >= 11 is 0. The van der Waals surface area contributed by atoms with Crippen molar-refractivity contribution in [2.75, 3.05) is 19.8 Å². The fourth-order valence-electron chi connectivity index (χ4n) is 2.69. The molecule has 1 aromatic carbocycles. The first-order chi connectivity index (χ1) is 11.9. The molecule has 9 nitrogen and oxygen atoms in total. The van der Waals surface area contributed by atoms with Gasteiger partial charge in [0.25, 0.3) is 5.69 Å². The van der Waals surface area contributed by atoms with E-state index in [-0.39, 0.29) is 31.0 Å². The fourth-order valence-corrected chi connectivity index (χ4v) is 2.69. The zero-order valence-corrected chi connectivity index (χ0v) is 13.9. The zero-order chi connectivity index (χ0) is 18.6. The number of amides is 2. The molecular formula is C16H19N3O6. The topological polar surface area (TPSA) is 122 Å². The molecule has 0 aliphatic carbocycles. The Labute approximate surface area is 144 Å². The number of nitrogens with one attached hydrogen (secondary N) is 1. The van der Waals surface area contributed by atoms with Gasteiger partial charge in [-0.15, -0.1) is 0 Å². The Balaban J connectivity index is 2.54. The lowest BCUT2D eigenvalue weighted by Gasteiger charge is -2.35. The van der Waals surface area contributed by atoms with Gasteiger partial charge in [-0.2, -0.15) is 0 Å². The van der Waals surface area contributed by atoms with E-state index in [0.717, 1.165) is 0 Å². The number of nitro benzene ring substituents is 1. The molecule has 0 fully saturated rings. The third-order valence-electron chi connectivity index (χ3n) is 3.83. The van der Waals surface area contributed by atoms with Crippen LogP contribution in [0.5, 0.6) is 0 Å². The molecule has 0 spiro atoms.